The van der Waals surface area contributed by atoms with Gasteiger partial charge in [0.1, 0.15) is 0 Å². The molecular weight excluding hydrogens is 222 g/mol. The summed E-state index contributed by atoms with van der Waals surface area (Å²) in [6.07, 6.45) is 5.70. The maximum absolute atomic E-state index is 9.82. The maximum Gasteiger partial charge on any atom is 0.0860 e. The molecule has 1 fully saturated rings. The van der Waals surface area contributed by atoms with Crippen molar-refractivity contribution in [3.8, 4) is 0 Å². The molecule has 2 N–H and O–H groups in total. The van der Waals surface area contributed by atoms with E-state index in [0.717, 1.165) is 0 Å². The highest BCUT2D eigenvalue weighted by Gasteiger charge is 2.14. The second-order valence-electron chi connectivity index (χ2n) is 4.18. The molecule has 1 aliphatic rings. The van der Waals surface area contributed by atoms with Crippen molar-refractivity contribution in [2.24, 2.45) is 0 Å². The largest absolute Gasteiger partial charge is 0.390 e. The SMILES string of the molecule is OC(CNC1CCSCC1)Cn1cccn1. The Balaban J connectivity index is 1.65. The molecule has 1 unspecified atom stereocenters. The van der Waals surface area contributed by atoms with Gasteiger partial charge in [-0.3, -0.25) is 4.68 Å². The van der Waals surface area contributed by atoms with Crippen LogP contribution in [0.3, 0.4) is 0 Å². The van der Waals surface area contributed by atoms with Crippen LogP contribution in [0.4, 0.5) is 0 Å². The van der Waals surface area contributed by atoms with E-state index in [4.69, 9.17) is 0 Å². The van der Waals surface area contributed by atoms with Gasteiger partial charge in [-0.05, 0) is 30.4 Å². The van der Waals surface area contributed by atoms with Crippen LogP contribution in [-0.2, 0) is 6.54 Å². The molecule has 2 heterocycles. The zero-order chi connectivity index (χ0) is 11.2. The number of aromatic nitrogens is 2. The molecule has 1 atom stereocenters. The minimum Gasteiger partial charge on any atom is -0.390 e. The van der Waals surface area contributed by atoms with Gasteiger partial charge in [0.15, 0.2) is 0 Å². The summed E-state index contributed by atoms with van der Waals surface area (Å²) in [4.78, 5) is 0. The molecule has 5 heteroatoms. The fraction of sp³-hybridized carbons (Fsp3) is 0.727. The van der Waals surface area contributed by atoms with E-state index < -0.39 is 0 Å². The number of hydrogen-bond acceptors (Lipinski definition) is 4. The summed E-state index contributed by atoms with van der Waals surface area (Å²) in [5, 5.41) is 17.3. The third kappa shape index (κ3) is 3.81. The van der Waals surface area contributed by atoms with Crippen LogP contribution in [0.1, 0.15) is 12.8 Å². The fourth-order valence-corrected chi connectivity index (χ4v) is 3.00. The van der Waals surface area contributed by atoms with Crippen molar-refractivity contribution in [2.75, 3.05) is 18.1 Å². The Bertz CT molecular complexity index is 285. The molecule has 0 bridgehead atoms. The van der Waals surface area contributed by atoms with Crippen molar-refractivity contribution in [2.45, 2.75) is 31.5 Å². The number of rotatable bonds is 5. The quantitative estimate of drug-likeness (QED) is 0.798. The van der Waals surface area contributed by atoms with Gasteiger partial charge in [0, 0.05) is 25.0 Å². The van der Waals surface area contributed by atoms with E-state index in [1.165, 1.54) is 24.3 Å². The maximum atomic E-state index is 9.82. The van der Waals surface area contributed by atoms with Gasteiger partial charge in [-0.1, -0.05) is 0 Å². The second kappa shape index (κ2) is 6.27. The lowest BCUT2D eigenvalue weighted by Crippen LogP contribution is -2.39. The normalized spacial score (nSPS) is 19.8. The van der Waals surface area contributed by atoms with Crippen LogP contribution < -0.4 is 5.32 Å². The highest BCUT2D eigenvalue weighted by molar-refractivity contribution is 7.99. The van der Waals surface area contributed by atoms with Gasteiger partial charge >= 0.3 is 0 Å². The Kier molecular flexibility index (Phi) is 4.69. The van der Waals surface area contributed by atoms with E-state index in [2.05, 4.69) is 10.4 Å². The topological polar surface area (TPSA) is 50.1 Å². The first-order valence-corrected chi connectivity index (χ1v) is 6.96. The Labute approximate surface area is 100 Å². The van der Waals surface area contributed by atoms with Crippen LogP contribution in [0.2, 0.25) is 0 Å². The van der Waals surface area contributed by atoms with E-state index >= 15 is 0 Å². The van der Waals surface area contributed by atoms with Crippen LogP contribution >= 0.6 is 11.8 Å². The molecule has 1 saturated heterocycles. The first-order valence-electron chi connectivity index (χ1n) is 5.81. The summed E-state index contributed by atoms with van der Waals surface area (Å²) < 4.78 is 1.77. The van der Waals surface area contributed by atoms with Crippen LogP contribution in [0.5, 0.6) is 0 Å². The summed E-state index contributed by atoms with van der Waals surface area (Å²) in [5.74, 6) is 2.49. The van der Waals surface area contributed by atoms with Crippen LogP contribution in [0.25, 0.3) is 0 Å². The average molecular weight is 241 g/mol. The third-order valence-electron chi connectivity index (χ3n) is 2.82. The molecule has 0 radical (unpaired) electrons. The molecule has 0 aliphatic carbocycles. The Morgan fingerprint density at radius 2 is 2.31 bits per heavy atom. The molecule has 16 heavy (non-hydrogen) atoms. The first-order chi connectivity index (χ1) is 7.84. The molecule has 0 spiro atoms. The molecule has 0 amide bonds. The predicted molar refractivity (Wildman–Crippen MR) is 66.6 cm³/mol. The van der Waals surface area contributed by atoms with Gasteiger partial charge in [-0.2, -0.15) is 16.9 Å². The van der Waals surface area contributed by atoms with Gasteiger partial charge in [0.25, 0.3) is 0 Å². The van der Waals surface area contributed by atoms with E-state index in [1.807, 2.05) is 24.0 Å². The van der Waals surface area contributed by atoms with Gasteiger partial charge in [-0.25, -0.2) is 0 Å². The molecular formula is C11H19N3OS. The molecule has 0 aromatic carbocycles. The minimum atomic E-state index is -0.352. The lowest BCUT2D eigenvalue weighted by atomic mass is 10.1. The smallest absolute Gasteiger partial charge is 0.0860 e. The average Bonchev–Trinajstić information content (AvgIpc) is 2.81. The van der Waals surface area contributed by atoms with Crippen molar-refractivity contribution >= 4 is 11.8 Å². The van der Waals surface area contributed by atoms with E-state index in [0.29, 0.717) is 19.1 Å². The number of aliphatic hydroxyl groups is 1. The zero-order valence-corrected chi connectivity index (χ0v) is 10.2. The van der Waals surface area contributed by atoms with Crippen molar-refractivity contribution in [1.82, 2.24) is 15.1 Å². The van der Waals surface area contributed by atoms with E-state index in [9.17, 15) is 5.11 Å². The highest BCUT2D eigenvalue weighted by atomic mass is 32.2. The number of thioether (sulfide) groups is 1. The van der Waals surface area contributed by atoms with E-state index in [1.54, 1.807) is 10.9 Å². The lowest BCUT2D eigenvalue weighted by Gasteiger charge is -2.24. The summed E-state index contributed by atoms with van der Waals surface area (Å²) in [7, 11) is 0. The standard InChI is InChI=1S/C11H19N3OS/c15-11(9-14-5-1-4-13-14)8-12-10-2-6-16-7-3-10/h1,4-5,10-12,15H,2-3,6-9H2. The molecule has 1 aromatic rings. The van der Waals surface area contributed by atoms with Crippen molar-refractivity contribution < 1.29 is 5.11 Å². The van der Waals surface area contributed by atoms with Crippen molar-refractivity contribution in [3.05, 3.63) is 18.5 Å². The minimum absolute atomic E-state index is 0.352. The fourth-order valence-electron chi connectivity index (χ4n) is 1.89. The van der Waals surface area contributed by atoms with Crippen LogP contribution in [0.15, 0.2) is 18.5 Å². The molecule has 90 valence electrons. The zero-order valence-electron chi connectivity index (χ0n) is 9.38. The Morgan fingerprint density at radius 3 is 3.00 bits per heavy atom. The van der Waals surface area contributed by atoms with Gasteiger partial charge in [-0.15, -0.1) is 0 Å². The lowest BCUT2D eigenvalue weighted by molar-refractivity contribution is 0.142. The molecule has 1 aromatic heterocycles. The van der Waals surface area contributed by atoms with Crippen LogP contribution in [0, 0.1) is 0 Å². The monoisotopic (exact) mass is 241 g/mol. The highest BCUT2D eigenvalue weighted by Crippen LogP contribution is 2.16. The number of aliphatic hydroxyl groups excluding tert-OH is 1. The van der Waals surface area contributed by atoms with Crippen molar-refractivity contribution in [1.29, 1.82) is 0 Å². The molecule has 1 aliphatic heterocycles. The summed E-state index contributed by atoms with van der Waals surface area (Å²) in [5.41, 5.74) is 0. The number of nitrogens with one attached hydrogen (secondary N) is 1. The molecule has 0 saturated carbocycles. The van der Waals surface area contributed by atoms with Gasteiger partial charge in [0.2, 0.25) is 0 Å². The summed E-state index contributed by atoms with van der Waals surface area (Å²) in [6, 6.07) is 2.46. The summed E-state index contributed by atoms with van der Waals surface area (Å²) in [6.45, 7) is 1.23. The Morgan fingerprint density at radius 1 is 1.50 bits per heavy atom. The molecule has 2 rings (SSSR count). The third-order valence-corrected chi connectivity index (χ3v) is 3.87. The number of hydrogen-bond donors (Lipinski definition) is 2. The van der Waals surface area contributed by atoms with Gasteiger partial charge in [0.05, 0.1) is 12.6 Å². The van der Waals surface area contributed by atoms with Gasteiger partial charge < -0.3 is 10.4 Å². The first kappa shape index (κ1) is 12.0. The second-order valence-corrected chi connectivity index (χ2v) is 5.40. The predicted octanol–water partition coefficient (Wildman–Crippen LogP) is 0.729. The van der Waals surface area contributed by atoms with E-state index in [-0.39, 0.29) is 6.10 Å². The molecule has 4 nitrogen and oxygen atoms in total. The van der Waals surface area contributed by atoms with Crippen LogP contribution in [-0.4, -0.2) is 45.1 Å². The Hall–Kier alpha value is -0.520. The summed E-state index contributed by atoms with van der Waals surface area (Å²) >= 11 is 2.02. The number of nitrogens with zero attached hydrogens (tertiary/aromatic N) is 2. The van der Waals surface area contributed by atoms with Crippen molar-refractivity contribution in [3.63, 3.8) is 0 Å².